The van der Waals surface area contributed by atoms with Crippen molar-refractivity contribution in [1.29, 1.82) is 0 Å². The van der Waals surface area contributed by atoms with Crippen LogP contribution in [0, 0.1) is 13.8 Å². The number of hydrogen-bond acceptors (Lipinski definition) is 4. The lowest BCUT2D eigenvalue weighted by Gasteiger charge is -2.07. The van der Waals surface area contributed by atoms with E-state index < -0.39 is 0 Å². The maximum absolute atomic E-state index is 9.08. The Balaban J connectivity index is 2.37. The molecule has 0 fully saturated rings. The van der Waals surface area contributed by atoms with Gasteiger partial charge in [-0.15, -0.1) is 0 Å². The summed E-state index contributed by atoms with van der Waals surface area (Å²) in [5.74, 6) is 0.679. The highest BCUT2D eigenvalue weighted by atomic mass is 16.3. The van der Waals surface area contributed by atoms with Crippen molar-refractivity contribution in [3.05, 3.63) is 17.5 Å². The maximum atomic E-state index is 9.08. The third kappa shape index (κ3) is 4.74. The average Bonchev–Trinajstić information content (AvgIpc) is 2.10. The van der Waals surface area contributed by atoms with Crippen LogP contribution in [0.3, 0.4) is 0 Å². The molecule has 1 heterocycles. The number of aromatic nitrogens is 2. The van der Waals surface area contributed by atoms with E-state index in [1.807, 2.05) is 19.9 Å². The molecular weight excluding hydrogens is 190 g/mol. The second-order valence-corrected chi connectivity index (χ2v) is 3.89. The number of anilines is 1. The minimum atomic E-state index is -0.230. The third-order valence-corrected chi connectivity index (χ3v) is 2.06. The minimum Gasteiger partial charge on any atom is -0.393 e. The molecule has 1 aromatic rings. The molecule has 0 aliphatic rings. The summed E-state index contributed by atoms with van der Waals surface area (Å²) in [5, 5.41) is 12.2. The molecule has 0 aromatic carbocycles. The third-order valence-electron chi connectivity index (χ3n) is 2.06. The lowest BCUT2D eigenvalue weighted by atomic mass is 10.2. The van der Waals surface area contributed by atoms with Gasteiger partial charge in [-0.25, -0.2) is 9.97 Å². The summed E-state index contributed by atoms with van der Waals surface area (Å²) in [4.78, 5) is 8.53. The number of rotatable bonds is 5. The van der Waals surface area contributed by atoms with Gasteiger partial charge in [0.25, 0.3) is 0 Å². The van der Waals surface area contributed by atoms with Gasteiger partial charge in [-0.05, 0) is 39.7 Å². The normalized spacial score (nSPS) is 12.5. The van der Waals surface area contributed by atoms with E-state index in [1.54, 1.807) is 6.92 Å². The van der Waals surface area contributed by atoms with Gasteiger partial charge < -0.3 is 10.4 Å². The molecule has 0 saturated carbocycles. The summed E-state index contributed by atoms with van der Waals surface area (Å²) >= 11 is 0. The number of aryl methyl sites for hydroxylation is 2. The minimum absolute atomic E-state index is 0.230. The Morgan fingerprint density at radius 3 is 2.47 bits per heavy atom. The molecule has 4 nitrogen and oxygen atoms in total. The molecule has 15 heavy (non-hydrogen) atoms. The van der Waals surface area contributed by atoms with Crippen LogP contribution >= 0.6 is 0 Å². The van der Waals surface area contributed by atoms with Gasteiger partial charge in [-0.1, -0.05) is 0 Å². The number of aliphatic hydroxyl groups is 1. The summed E-state index contributed by atoms with van der Waals surface area (Å²) in [7, 11) is 0. The van der Waals surface area contributed by atoms with E-state index in [0.29, 0.717) is 5.95 Å². The predicted molar refractivity (Wildman–Crippen MR) is 60.9 cm³/mol. The van der Waals surface area contributed by atoms with E-state index >= 15 is 0 Å². The van der Waals surface area contributed by atoms with Gasteiger partial charge >= 0.3 is 0 Å². The summed E-state index contributed by atoms with van der Waals surface area (Å²) < 4.78 is 0. The van der Waals surface area contributed by atoms with Crippen molar-refractivity contribution in [2.45, 2.75) is 39.7 Å². The van der Waals surface area contributed by atoms with Crippen LogP contribution in [0.5, 0.6) is 0 Å². The monoisotopic (exact) mass is 209 g/mol. The zero-order valence-corrected chi connectivity index (χ0v) is 9.62. The van der Waals surface area contributed by atoms with Gasteiger partial charge in [-0.3, -0.25) is 0 Å². The van der Waals surface area contributed by atoms with E-state index in [1.165, 1.54) is 0 Å². The second kappa shape index (κ2) is 5.66. The van der Waals surface area contributed by atoms with Gasteiger partial charge in [0.2, 0.25) is 5.95 Å². The Bertz CT molecular complexity index is 292. The fourth-order valence-corrected chi connectivity index (χ4v) is 1.40. The van der Waals surface area contributed by atoms with Gasteiger partial charge in [0.05, 0.1) is 6.10 Å². The van der Waals surface area contributed by atoms with Crippen LogP contribution in [-0.2, 0) is 0 Å². The molecule has 4 heteroatoms. The van der Waals surface area contributed by atoms with Crippen molar-refractivity contribution in [3.63, 3.8) is 0 Å². The molecule has 0 spiro atoms. The fraction of sp³-hybridized carbons (Fsp3) is 0.636. The zero-order valence-electron chi connectivity index (χ0n) is 9.62. The maximum Gasteiger partial charge on any atom is 0.223 e. The largest absolute Gasteiger partial charge is 0.393 e. The van der Waals surface area contributed by atoms with E-state index in [2.05, 4.69) is 15.3 Å². The van der Waals surface area contributed by atoms with Crippen LogP contribution in [0.2, 0.25) is 0 Å². The highest BCUT2D eigenvalue weighted by Gasteiger charge is 1.99. The Kier molecular flexibility index (Phi) is 4.49. The van der Waals surface area contributed by atoms with Crippen molar-refractivity contribution in [1.82, 2.24) is 9.97 Å². The second-order valence-electron chi connectivity index (χ2n) is 3.89. The van der Waals surface area contributed by atoms with E-state index in [9.17, 15) is 0 Å². The summed E-state index contributed by atoms with van der Waals surface area (Å²) in [6, 6.07) is 1.95. The molecule has 1 aromatic heterocycles. The lowest BCUT2D eigenvalue weighted by Crippen LogP contribution is -2.09. The molecule has 1 unspecified atom stereocenters. The standard InChI is InChI=1S/C11H19N3O/c1-8-7-9(2)14-11(13-8)12-6-4-5-10(3)15/h7,10,15H,4-6H2,1-3H3,(H,12,13,14). The quantitative estimate of drug-likeness (QED) is 0.724. The number of aliphatic hydroxyl groups excluding tert-OH is 1. The average molecular weight is 209 g/mol. The highest BCUT2D eigenvalue weighted by Crippen LogP contribution is 2.04. The Hall–Kier alpha value is -1.16. The molecule has 0 bridgehead atoms. The van der Waals surface area contributed by atoms with Crippen LogP contribution in [-0.4, -0.2) is 27.7 Å². The molecule has 0 aliphatic carbocycles. The Morgan fingerprint density at radius 1 is 1.33 bits per heavy atom. The summed E-state index contributed by atoms with van der Waals surface area (Å²) in [6.07, 6.45) is 1.50. The van der Waals surface area contributed by atoms with Crippen LogP contribution in [0.25, 0.3) is 0 Å². The fourth-order valence-electron chi connectivity index (χ4n) is 1.40. The molecule has 1 atom stereocenters. The summed E-state index contributed by atoms with van der Waals surface area (Å²) in [6.45, 7) is 6.51. The van der Waals surface area contributed by atoms with Crippen LogP contribution in [0.15, 0.2) is 6.07 Å². The molecule has 0 amide bonds. The lowest BCUT2D eigenvalue weighted by molar-refractivity contribution is 0.183. The first-order chi connectivity index (χ1) is 7.08. The predicted octanol–water partition coefficient (Wildman–Crippen LogP) is 1.67. The van der Waals surface area contributed by atoms with Gasteiger partial charge in [-0.2, -0.15) is 0 Å². The summed E-state index contributed by atoms with van der Waals surface area (Å²) in [5.41, 5.74) is 1.95. The first kappa shape index (κ1) is 11.9. The highest BCUT2D eigenvalue weighted by molar-refractivity contribution is 5.27. The smallest absolute Gasteiger partial charge is 0.223 e. The number of hydrogen-bond donors (Lipinski definition) is 2. The molecule has 2 N–H and O–H groups in total. The van der Waals surface area contributed by atoms with Gasteiger partial charge in [0, 0.05) is 17.9 Å². The number of nitrogens with one attached hydrogen (secondary N) is 1. The number of nitrogens with zero attached hydrogens (tertiary/aromatic N) is 2. The van der Waals surface area contributed by atoms with Crippen molar-refractivity contribution in [3.8, 4) is 0 Å². The molecular formula is C11H19N3O. The van der Waals surface area contributed by atoms with Gasteiger partial charge in [0.1, 0.15) is 0 Å². The zero-order chi connectivity index (χ0) is 11.3. The van der Waals surface area contributed by atoms with E-state index in [-0.39, 0.29) is 6.10 Å². The van der Waals surface area contributed by atoms with Crippen molar-refractivity contribution in [2.24, 2.45) is 0 Å². The molecule has 84 valence electrons. The Morgan fingerprint density at radius 2 is 1.93 bits per heavy atom. The SMILES string of the molecule is Cc1cc(C)nc(NCCCC(C)O)n1. The van der Waals surface area contributed by atoms with Crippen molar-refractivity contribution < 1.29 is 5.11 Å². The molecule has 0 aliphatic heterocycles. The van der Waals surface area contributed by atoms with Crippen LogP contribution < -0.4 is 5.32 Å². The molecule has 1 rings (SSSR count). The van der Waals surface area contributed by atoms with Crippen LogP contribution in [0.4, 0.5) is 5.95 Å². The first-order valence-corrected chi connectivity index (χ1v) is 5.32. The van der Waals surface area contributed by atoms with Crippen molar-refractivity contribution >= 4 is 5.95 Å². The van der Waals surface area contributed by atoms with E-state index in [4.69, 9.17) is 5.11 Å². The Labute approximate surface area is 90.8 Å². The molecule has 0 radical (unpaired) electrons. The van der Waals surface area contributed by atoms with Crippen LogP contribution in [0.1, 0.15) is 31.2 Å². The van der Waals surface area contributed by atoms with Gasteiger partial charge in [0.15, 0.2) is 0 Å². The first-order valence-electron chi connectivity index (χ1n) is 5.32. The van der Waals surface area contributed by atoms with Crippen molar-refractivity contribution in [2.75, 3.05) is 11.9 Å². The van der Waals surface area contributed by atoms with E-state index in [0.717, 1.165) is 30.8 Å². The topological polar surface area (TPSA) is 58.0 Å². The molecule has 0 saturated heterocycles.